The first-order valence-electron chi connectivity index (χ1n) is 8.37. The minimum atomic E-state index is -0.625. The van der Waals surface area contributed by atoms with Gasteiger partial charge in [0, 0.05) is 25.4 Å². The van der Waals surface area contributed by atoms with Gasteiger partial charge in [0.2, 0.25) is 0 Å². The average Bonchev–Trinajstić information content (AvgIpc) is 2.93. The van der Waals surface area contributed by atoms with E-state index < -0.39 is 17.7 Å². The van der Waals surface area contributed by atoms with Crippen LogP contribution in [0.1, 0.15) is 30.5 Å². The van der Waals surface area contributed by atoms with Crippen LogP contribution in [0.25, 0.3) is 0 Å². The van der Waals surface area contributed by atoms with Crippen LogP contribution in [0.15, 0.2) is 60.1 Å². The summed E-state index contributed by atoms with van der Waals surface area (Å²) in [6.07, 6.45) is 3.42. The van der Waals surface area contributed by atoms with E-state index in [9.17, 15) is 14.7 Å². The molecule has 0 spiro atoms. The zero-order valence-corrected chi connectivity index (χ0v) is 14.7. The summed E-state index contributed by atoms with van der Waals surface area (Å²) in [6.45, 7) is 1.98. The summed E-state index contributed by atoms with van der Waals surface area (Å²) in [5.74, 6) is -0.531. The SMILES string of the molecule is CCC(=O)C1=C(O)C(=O)N(Cc2ccc(OC)cc2)C1c1ccncc1. The van der Waals surface area contributed by atoms with Gasteiger partial charge < -0.3 is 14.7 Å². The minimum Gasteiger partial charge on any atom is -0.503 e. The van der Waals surface area contributed by atoms with E-state index in [0.29, 0.717) is 0 Å². The van der Waals surface area contributed by atoms with Gasteiger partial charge in [0.05, 0.1) is 18.7 Å². The molecule has 0 radical (unpaired) electrons. The predicted octanol–water partition coefficient (Wildman–Crippen LogP) is 2.96. The van der Waals surface area contributed by atoms with Crippen molar-refractivity contribution in [2.45, 2.75) is 25.9 Å². The molecule has 0 saturated heterocycles. The Morgan fingerprint density at radius 2 is 1.85 bits per heavy atom. The molecule has 0 bridgehead atoms. The summed E-state index contributed by atoms with van der Waals surface area (Å²) >= 11 is 0. The molecule has 0 saturated carbocycles. The first kappa shape index (κ1) is 17.7. The summed E-state index contributed by atoms with van der Waals surface area (Å²) < 4.78 is 5.15. The van der Waals surface area contributed by atoms with Crippen LogP contribution in [0, 0.1) is 0 Å². The van der Waals surface area contributed by atoms with Crippen molar-refractivity contribution in [1.82, 2.24) is 9.88 Å². The highest BCUT2D eigenvalue weighted by Gasteiger charge is 2.42. The Labute approximate surface area is 151 Å². The van der Waals surface area contributed by atoms with E-state index in [1.165, 1.54) is 4.90 Å². The standard InChI is InChI=1S/C20H20N2O4/c1-3-16(23)17-18(14-8-10-21-11-9-14)22(20(25)19(17)24)12-13-4-6-15(26-2)7-5-13/h4-11,18,24H,3,12H2,1-2H3. The van der Waals surface area contributed by atoms with Crippen LogP contribution >= 0.6 is 0 Å². The molecule has 0 aliphatic carbocycles. The molecule has 1 amide bonds. The molecule has 1 N–H and O–H groups in total. The number of hydrogen-bond donors (Lipinski definition) is 1. The van der Waals surface area contributed by atoms with Crippen molar-refractivity contribution < 1.29 is 19.4 Å². The molecule has 0 fully saturated rings. The smallest absolute Gasteiger partial charge is 0.290 e. The van der Waals surface area contributed by atoms with E-state index in [0.717, 1.165) is 16.9 Å². The van der Waals surface area contributed by atoms with E-state index in [1.807, 2.05) is 24.3 Å². The van der Waals surface area contributed by atoms with Gasteiger partial charge in [-0.15, -0.1) is 0 Å². The number of methoxy groups -OCH3 is 1. The number of ether oxygens (including phenoxy) is 1. The number of amides is 1. The van der Waals surface area contributed by atoms with Crippen LogP contribution in [-0.2, 0) is 16.1 Å². The number of ketones is 1. The van der Waals surface area contributed by atoms with Gasteiger partial charge >= 0.3 is 0 Å². The number of hydrogen-bond acceptors (Lipinski definition) is 5. The number of carbonyl (C=O) groups excluding carboxylic acids is 2. The second-order valence-electron chi connectivity index (χ2n) is 6.00. The van der Waals surface area contributed by atoms with Gasteiger partial charge in [0.15, 0.2) is 11.5 Å². The van der Waals surface area contributed by atoms with Crippen molar-refractivity contribution in [3.05, 3.63) is 71.3 Å². The third-order valence-corrected chi connectivity index (χ3v) is 4.46. The highest BCUT2D eigenvalue weighted by Crippen LogP contribution is 2.39. The van der Waals surface area contributed by atoms with Crippen LogP contribution < -0.4 is 4.74 Å². The Balaban J connectivity index is 1.99. The van der Waals surface area contributed by atoms with Crippen LogP contribution in [0.5, 0.6) is 5.75 Å². The Hall–Kier alpha value is -3.15. The van der Waals surface area contributed by atoms with Crippen molar-refractivity contribution in [3.63, 3.8) is 0 Å². The lowest BCUT2D eigenvalue weighted by Crippen LogP contribution is -2.30. The maximum atomic E-state index is 12.7. The first-order chi connectivity index (χ1) is 12.6. The molecule has 134 valence electrons. The Morgan fingerprint density at radius 3 is 2.42 bits per heavy atom. The molecule has 1 unspecified atom stereocenters. The maximum Gasteiger partial charge on any atom is 0.290 e. The van der Waals surface area contributed by atoms with Crippen molar-refractivity contribution in [1.29, 1.82) is 0 Å². The van der Waals surface area contributed by atoms with Crippen LogP contribution in [-0.4, -0.2) is 33.8 Å². The summed E-state index contributed by atoms with van der Waals surface area (Å²) in [6, 6.07) is 10.2. The van der Waals surface area contributed by atoms with E-state index >= 15 is 0 Å². The normalized spacial score (nSPS) is 16.9. The fourth-order valence-electron chi connectivity index (χ4n) is 3.11. The molecular formula is C20H20N2O4. The van der Waals surface area contributed by atoms with E-state index in [1.54, 1.807) is 38.6 Å². The lowest BCUT2D eigenvalue weighted by molar-refractivity contribution is -0.130. The number of rotatable bonds is 6. The lowest BCUT2D eigenvalue weighted by Gasteiger charge is -2.26. The summed E-state index contributed by atoms with van der Waals surface area (Å²) in [4.78, 5) is 30.6. The Morgan fingerprint density at radius 1 is 1.19 bits per heavy atom. The van der Waals surface area contributed by atoms with Crippen LogP contribution in [0.2, 0.25) is 0 Å². The van der Waals surface area contributed by atoms with Crippen molar-refractivity contribution in [2.24, 2.45) is 0 Å². The molecule has 1 aromatic carbocycles. The van der Waals surface area contributed by atoms with E-state index in [4.69, 9.17) is 4.74 Å². The molecule has 1 aliphatic rings. The monoisotopic (exact) mass is 352 g/mol. The van der Waals surface area contributed by atoms with Gasteiger partial charge in [0.25, 0.3) is 5.91 Å². The first-order valence-corrected chi connectivity index (χ1v) is 8.37. The fraction of sp³-hybridized carbons (Fsp3) is 0.250. The fourth-order valence-corrected chi connectivity index (χ4v) is 3.11. The highest BCUT2D eigenvalue weighted by atomic mass is 16.5. The third kappa shape index (κ3) is 3.18. The van der Waals surface area contributed by atoms with Gasteiger partial charge in [-0.25, -0.2) is 0 Å². The molecule has 2 aromatic rings. The number of aliphatic hydroxyl groups excluding tert-OH is 1. The average molecular weight is 352 g/mol. The quantitative estimate of drug-likeness (QED) is 0.864. The summed E-state index contributed by atoms with van der Waals surface area (Å²) in [5.41, 5.74) is 1.76. The number of nitrogens with zero attached hydrogens (tertiary/aromatic N) is 2. The number of aromatic nitrogens is 1. The second-order valence-corrected chi connectivity index (χ2v) is 6.00. The van der Waals surface area contributed by atoms with Gasteiger partial charge in [-0.1, -0.05) is 19.1 Å². The number of pyridine rings is 1. The number of carbonyl (C=O) groups is 2. The van der Waals surface area contributed by atoms with E-state index in [-0.39, 0.29) is 24.3 Å². The molecule has 1 atom stereocenters. The second kappa shape index (κ2) is 7.39. The molecule has 6 heteroatoms. The van der Waals surface area contributed by atoms with Gasteiger partial charge in [0.1, 0.15) is 5.75 Å². The van der Waals surface area contributed by atoms with Crippen molar-refractivity contribution in [3.8, 4) is 5.75 Å². The minimum absolute atomic E-state index is 0.150. The molecule has 1 aliphatic heterocycles. The van der Waals surface area contributed by atoms with Gasteiger partial charge in [-0.3, -0.25) is 14.6 Å². The molecule has 26 heavy (non-hydrogen) atoms. The van der Waals surface area contributed by atoms with Crippen molar-refractivity contribution in [2.75, 3.05) is 7.11 Å². The topological polar surface area (TPSA) is 79.7 Å². The van der Waals surface area contributed by atoms with Crippen molar-refractivity contribution >= 4 is 11.7 Å². The number of Topliss-reactive ketones (excluding diaryl/α,β-unsaturated/α-hetero) is 1. The molecule has 1 aromatic heterocycles. The molecule has 6 nitrogen and oxygen atoms in total. The Kier molecular flexibility index (Phi) is 5.02. The van der Waals surface area contributed by atoms with Crippen LogP contribution in [0.4, 0.5) is 0 Å². The zero-order chi connectivity index (χ0) is 18.7. The van der Waals surface area contributed by atoms with Crippen LogP contribution in [0.3, 0.4) is 0 Å². The molecule has 3 rings (SSSR count). The van der Waals surface area contributed by atoms with Gasteiger partial charge in [-0.05, 0) is 35.4 Å². The largest absolute Gasteiger partial charge is 0.503 e. The third-order valence-electron chi connectivity index (χ3n) is 4.46. The summed E-state index contributed by atoms with van der Waals surface area (Å²) in [5, 5.41) is 10.4. The number of aliphatic hydroxyl groups is 1. The van der Waals surface area contributed by atoms with Gasteiger partial charge in [-0.2, -0.15) is 0 Å². The maximum absolute atomic E-state index is 12.7. The predicted molar refractivity (Wildman–Crippen MR) is 95.5 cm³/mol. The molecule has 2 heterocycles. The van der Waals surface area contributed by atoms with E-state index in [2.05, 4.69) is 4.98 Å². The zero-order valence-electron chi connectivity index (χ0n) is 14.7. The summed E-state index contributed by atoms with van der Waals surface area (Å²) in [7, 11) is 1.59. The highest BCUT2D eigenvalue weighted by molar-refractivity contribution is 6.08. The lowest BCUT2D eigenvalue weighted by atomic mass is 9.95. The molecular weight excluding hydrogens is 332 g/mol. The number of benzene rings is 1. The Bertz CT molecular complexity index is 844.